The van der Waals surface area contributed by atoms with Gasteiger partial charge in [-0.15, -0.1) is 0 Å². The molecule has 34 heavy (non-hydrogen) atoms. The summed E-state index contributed by atoms with van der Waals surface area (Å²) in [6, 6.07) is 21.7. The molecule has 1 aliphatic rings. The number of piperidine rings is 1. The van der Waals surface area contributed by atoms with E-state index in [9.17, 15) is 4.39 Å². The van der Waals surface area contributed by atoms with Crippen molar-refractivity contribution >= 4 is 21.7 Å². The summed E-state index contributed by atoms with van der Waals surface area (Å²) in [6.45, 7) is 2.76. The smallest absolute Gasteiger partial charge is 0.123 e. The molecule has 5 aromatic rings. The van der Waals surface area contributed by atoms with Gasteiger partial charge in [-0.05, 0) is 73.5 Å². The van der Waals surface area contributed by atoms with E-state index in [4.69, 9.17) is 5.10 Å². The Morgan fingerprint density at radius 1 is 0.941 bits per heavy atom. The molecule has 6 heteroatoms. The molecule has 0 amide bonds. The first kappa shape index (κ1) is 21.0. The largest absolute Gasteiger partial charge is 0.317 e. The van der Waals surface area contributed by atoms with Gasteiger partial charge in [0.2, 0.25) is 0 Å². The molecule has 0 atom stereocenters. The Bertz CT molecular complexity index is 1440. The lowest BCUT2D eigenvalue weighted by Crippen LogP contribution is -2.39. The Morgan fingerprint density at radius 3 is 2.53 bits per heavy atom. The Balaban J connectivity index is 1.57. The Kier molecular flexibility index (Phi) is 5.53. The van der Waals surface area contributed by atoms with Crippen LogP contribution in [0.3, 0.4) is 0 Å². The van der Waals surface area contributed by atoms with Crippen LogP contribution in [0.25, 0.3) is 38.5 Å². The Morgan fingerprint density at radius 2 is 1.74 bits per heavy atom. The summed E-state index contributed by atoms with van der Waals surface area (Å²) in [5.41, 5.74) is 5.14. The third-order valence-electron chi connectivity index (χ3n) is 6.71. The van der Waals surface area contributed by atoms with E-state index in [2.05, 4.69) is 52.0 Å². The molecular formula is C28H26FN5. The highest BCUT2D eigenvalue weighted by molar-refractivity contribution is 6.13. The molecule has 0 aliphatic carbocycles. The lowest BCUT2D eigenvalue weighted by molar-refractivity contribution is 0.385. The molecule has 3 aromatic carbocycles. The number of benzene rings is 3. The van der Waals surface area contributed by atoms with E-state index in [1.54, 1.807) is 12.1 Å². The lowest BCUT2D eigenvalue weighted by atomic mass is 9.96. The van der Waals surface area contributed by atoms with Crippen LogP contribution in [0.5, 0.6) is 0 Å². The minimum atomic E-state index is -0.256. The number of pyridine rings is 1. The molecule has 1 aliphatic heterocycles. The van der Waals surface area contributed by atoms with E-state index < -0.39 is 0 Å². The Hall–Kier alpha value is -3.61. The second kappa shape index (κ2) is 8.97. The van der Waals surface area contributed by atoms with Gasteiger partial charge < -0.3 is 10.6 Å². The zero-order valence-electron chi connectivity index (χ0n) is 18.8. The molecule has 0 unspecified atom stereocenters. The standard InChI is InChI=1S/C28H26FN5/c29-20-6-8-22(9-7-20)34-28-23-12-15-31-17-26(23)24(19-4-2-1-3-5-19)16-25(28)27(33-34)18-32-21-10-13-30-14-11-21/h1-9,12,15-17,21,30,32H,10-11,13-14,18H2. The van der Waals surface area contributed by atoms with E-state index in [1.165, 1.54) is 12.1 Å². The van der Waals surface area contributed by atoms with Gasteiger partial charge in [0.15, 0.2) is 0 Å². The molecule has 1 saturated heterocycles. The van der Waals surface area contributed by atoms with Crippen molar-refractivity contribution in [2.45, 2.75) is 25.4 Å². The van der Waals surface area contributed by atoms with Crippen LogP contribution in [0.1, 0.15) is 18.5 Å². The Labute approximate surface area is 197 Å². The first-order chi connectivity index (χ1) is 16.8. The van der Waals surface area contributed by atoms with Gasteiger partial charge in [0.05, 0.1) is 16.9 Å². The maximum absolute atomic E-state index is 13.7. The SMILES string of the molecule is Fc1ccc(-n2nc(CNC3CCNCC3)c3cc(-c4ccccc4)c4cnccc4c32)cc1. The highest BCUT2D eigenvalue weighted by atomic mass is 19.1. The van der Waals surface area contributed by atoms with Crippen molar-refractivity contribution in [3.8, 4) is 16.8 Å². The highest BCUT2D eigenvalue weighted by Gasteiger charge is 2.20. The number of nitrogens with one attached hydrogen (secondary N) is 2. The molecule has 3 heterocycles. The predicted molar refractivity (Wildman–Crippen MR) is 134 cm³/mol. The van der Waals surface area contributed by atoms with Gasteiger partial charge in [0.25, 0.3) is 0 Å². The van der Waals surface area contributed by atoms with E-state index in [1.807, 2.05) is 23.1 Å². The molecule has 0 saturated carbocycles. The molecule has 0 radical (unpaired) electrons. The molecule has 2 N–H and O–H groups in total. The third-order valence-corrected chi connectivity index (χ3v) is 6.71. The fraction of sp³-hybridized carbons (Fsp3) is 0.214. The van der Waals surface area contributed by atoms with Gasteiger partial charge in [-0.1, -0.05) is 30.3 Å². The maximum Gasteiger partial charge on any atom is 0.123 e. The summed E-state index contributed by atoms with van der Waals surface area (Å²) in [7, 11) is 0. The molecule has 6 rings (SSSR count). The average Bonchev–Trinajstić information content (AvgIpc) is 3.27. The van der Waals surface area contributed by atoms with Crippen LogP contribution in [0.2, 0.25) is 0 Å². The molecule has 0 bridgehead atoms. The fourth-order valence-corrected chi connectivity index (χ4v) is 4.95. The van der Waals surface area contributed by atoms with Crippen molar-refractivity contribution in [3.05, 3.63) is 90.6 Å². The average molecular weight is 452 g/mol. The molecule has 5 nitrogen and oxygen atoms in total. The lowest BCUT2D eigenvalue weighted by Gasteiger charge is -2.23. The van der Waals surface area contributed by atoms with Crippen molar-refractivity contribution in [2.75, 3.05) is 13.1 Å². The molecule has 2 aromatic heterocycles. The first-order valence-corrected chi connectivity index (χ1v) is 11.8. The summed E-state index contributed by atoms with van der Waals surface area (Å²) < 4.78 is 15.6. The number of nitrogens with zero attached hydrogens (tertiary/aromatic N) is 3. The molecular weight excluding hydrogens is 425 g/mol. The van der Waals surface area contributed by atoms with Gasteiger partial charge in [-0.2, -0.15) is 5.10 Å². The van der Waals surface area contributed by atoms with Crippen LogP contribution in [0, 0.1) is 5.82 Å². The van der Waals surface area contributed by atoms with Crippen molar-refractivity contribution < 1.29 is 4.39 Å². The van der Waals surface area contributed by atoms with Crippen LogP contribution in [-0.4, -0.2) is 33.9 Å². The predicted octanol–water partition coefficient (Wildman–Crippen LogP) is 5.22. The van der Waals surface area contributed by atoms with Crippen molar-refractivity contribution in [3.63, 3.8) is 0 Å². The maximum atomic E-state index is 13.7. The monoisotopic (exact) mass is 451 g/mol. The van der Waals surface area contributed by atoms with Crippen molar-refractivity contribution in [1.29, 1.82) is 0 Å². The second-order valence-corrected chi connectivity index (χ2v) is 8.85. The molecule has 1 fully saturated rings. The van der Waals surface area contributed by atoms with E-state index in [0.717, 1.165) is 70.1 Å². The summed E-state index contributed by atoms with van der Waals surface area (Å²) >= 11 is 0. The van der Waals surface area contributed by atoms with Crippen LogP contribution in [-0.2, 0) is 6.54 Å². The summed E-state index contributed by atoms with van der Waals surface area (Å²) in [5.74, 6) is -0.256. The minimum absolute atomic E-state index is 0.256. The van der Waals surface area contributed by atoms with Gasteiger partial charge in [-0.3, -0.25) is 4.98 Å². The van der Waals surface area contributed by atoms with Crippen LogP contribution >= 0.6 is 0 Å². The van der Waals surface area contributed by atoms with Gasteiger partial charge >= 0.3 is 0 Å². The normalized spacial score (nSPS) is 14.7. The number of rotatable bonds is 5. The summed E-state index contributed by atoms with van der Waals surface area (Å²) in [4.78, 5) is 4.43. The topological polar surface area (TPSA) is 54.8 Å². The minimum Gasteiger partial charge on any atom is -0.317 e. The highest BCUT2D eigenvalue weighted by Crippen LogP contribution is 2.37. The number of aromatic nitrogens is 3. The summed E-state index contributed by atoms with van der Waals surface area (Å²) in [5, 5.41) is 15.5. The van der Waals surface area contributed by atoms with Gasteiger partial charge in [0.1, 0.15) is 5.82 Å². The zero-order chi connectivity index (χ0) is 22.9. The molecule has 170 valence electrons. The number of halogens is 1. The van der Waals surface area contributed by atoms with E-state index in [0.29, 0.717) is 12.6 Å². The first-order valence-electron chi connectivity index (χ1n) is 11.8. The third kappa shape index (κ3) is 3.85. The number of fused-ring (bicyclic) bond motifs is 3. The second-order valence-electron chi connectivity index (χ2n) is 8.85. The number of hydrogen-bond donors (Lipinski definition) is 2. The van der Waals surface area contributed by atoms with Crippen molar-refractivity contribution in [1.82, 2.24) is 25.4 Å². The van der Waals surface area contributed by atoms with E-state index >= 15 is 0 Å². The molecule has 0 spiro atoms. The van der Waals surface area contributed by atoms with Crippen LogP contribution in [0.4, 0.5) is 4.39 Å². The van der Waals surface area contributed by atoms with Gasteiger partial charge in [0, 0.05) is 41.1 Å². The fourth-order valence-electron chi connectivity index (χ4n) is 4.95. The van der Waals surface area contributed by atoms with Crippen LogP contribution < -0.4 is 10.6 Å². The summed E-state index contributed by atoms with van der Waals surface area (Å²) in [6.07, 6.45) is 5.97. The van der Waals surface area contributed by atoms with Crippen molar-refractivity contribution in [2.24, 2.45) is 0 Å². The quantitative estimate of drug-likeness (QED) is 0.385. The zero-order valence-corrected chi connectivity index (χ0v) is 18.8. The number of hydrogen-bond acceptors (Lipinski definition) is 4. The van der Waals surface area contributed by atoms with Crippen LogP contribution in [0.15, 0.2) is 79.1 Å². The van der Waals surface area contributed by atoms with E-state index in [-0.39, 0.29) is 5.82 Å². The van der Waals surface area contributed by atoms with Gasteiger partial charge in [-0.25, -0.2) is 9.07 Å².